The molecule has 15 heavy (non-hydrogen) atoms. The van der Waals surface area contributed by atoms with E-state index < -0.39 is 0 Å². The zero-order valence-electron chi connectivity index (χ0n) is 7.84. The number of nitrogens with one attached hydrogen (secondary N) is 1. The zero-order chi connectivity index (χ0) is 10.7. The molecule has 0 aliphatic carbocycles. The fraction of sp³-hybridized carbons (Fsp3) is 0.0909. The Kier molecular flexibility index (Phi) is 3.06. The van der Waals surface area contributed by atoms with E-state index in [9.17, 15) is 4.39 Å². The van der Waals surface area contributed by atoms with Crippen LogP contribution in [0.3, 0.4) is 0 Å². The van der Waals surface area contributed by atoms with Crippen LogP contribution in [0.25, 0.3) is 0 Å². The van der Waals surface area contributed by atoms with Gasteiger partial charge in [0.15, 0.2) is 0 Å². The van der Waals surface area contributed by atoms with Crippen LogP contribution in [0.15, 0.2) is 45.5 Å². The summed E-state index contributed by atoms with van der Waals surface area (Å²) in [5, 5.41) is 3.14. The van der Waals surface area contributed by atoms with E-state index in [1.165, 1.54) is 12.1 Å². The molecule has 2 aromatic rings. The van der Waals surface area contributed by atoms with Crippen LogP contribution in [0.4, 0.5) is 10.1 Å². The second-order valence-corrected chi connectivity index (χ2v) is 3.91. The SMILES string of the molecule is Fc1ccc(NCc2ccco2)c(Br)c1. The van der Waals surface area contributed by atoms with E-state index in [-0.39, 0.29) is 5.82 Å². The first-order valence-corrected chi connectivity index (χ1v) is 5.26. The third-order valence-corrected chi connectivity index (χ3v) is 2.62. The lowest BCUT2D eigenvalue weighted by Crippen LogP contribution is -1.98. The molecule has 0 unspecified atom stereocenters. The summed E-state index contributed by atoms with van der Waals surface area (Å²) in [6, 6.07) is 8.23. The van der Waals surface area contributed by atoms with Crippen LogP contribution in [0.5, 0.6) is 0 Å². The van der Waals surface area contributed by atoms with Crippen molar-refractivity contribution < 1.29 is 8.81 Å². The van der Waals surface area contributed by atoms with E-state index in [1.807, 2.05) is 12.1 Å². The summed E-state index contributed by atoms with van der Waals surface area (Å²) < 4.78 is 18.7. The first-order chi connectivity index (χ1) is 7.25. The van der Waals surface area contributed by atoms with Gasteiger partial charge in [-0.05, 0) is 46.3 Å². The average molecular weight is 270 g/mol. The number of hydrogen-bond acceptors (Lipinski definition) is 2. The molecule has 0 radical (unpaired) electrons. The van der Waals surface area contributed by atoms with Crippen molar-refractivity contribution in [2.45, 2.75) is 6.54 Å². The minimum atomic E-state index is -0.259. The highest BCUT2D eigenvalue weighted by Gasteiger charge is 2.01. The minimum absolute atomic E-state index is 0.259. The van der Waals surface area contributed by atoms with Gasteiger partial charge in [0, 0.05) is 10.2 Å². The van der Waals surface area contributed by atoms with E-state index in [0.29, 0.717) is 11.0 Å². The molecule has 0 aliphatic heterocycles. The van der Waals surface area contributed by atoms with Crippen molar-refractivity contribution >= 4 is 21.6 Å². The predicted octanol–water partition coefficient (Wildman–Crippen LogP) is 3.79. The van der Waals surface area contributed by atoms with Gasteiger partial charge in [0.1, 0.15) is 11.6 Å². The van der Waals surface area contributed by atoms with Crippen molar-refractivity contribution in [3.8, 4) is 0 Å². The van der Waals surface area contributed by atoms with Crippen molar-refractivity contribution in [2.24, 2.45) is 0 Å². The Morgan fingerprint density at radius 1 is 1.33 bits per heavy atom. The second-order valence-electron chi connectivity index (χ2n) is 3.06. The number of benzene rings is 1. The Hall–Kier alpha value is -1.29. The number of halogens is 2. The number of hydrogen-bond donors (Lipinski definition) is 1. The molecule has 0 saturated carbocycles. The van der Waals surface area contributed by atoms with Crippen LogP contribution in [-0.2, 0) is 6.54 Å². The van der Waals surface area contributed by atoms with Crippen LogP contribution < -0.4 is 5.32 Å². The molecule has 0 atom stereocenters. The molecular weight excluding hydrogens is 261 g/mol. The van der Waals surface area contributed by atoms with Gasteiger partial charge in [-0.15, -0.1) is 0 Å². The quantitative estimate of drug-likeness (QED) is 0.917. The van der Waals surface area contributed by atoms with Gasteiger partial charge in [0.2, 0.25) is 0 Å². The normalized spacial score (nSPS) is 10.3. The molecule has 0 bridgehead atoms. The molecule has 2 nitrogen and oxygen atoms in total. The third-order valence-electron chi connectivity index (χ3n) is 1.96. The lowest BCUT2D eigenvalue weighted by atomic mass is 10.3. The van der Waals surface area contributed by atoms with Crippen molar-refractivity contribution in [3.05, 3.63) is 52.6 Å². The second kappa shape index (κ2) is 4.49. The smallest absolute Gasteiger partial charge is 0.124 e. The van der Waals surface area contributed by atoms with Crippen molar-refractivity contribution in [1.29, 1.82) is 0 Å². The van der Waals surface area contributed by atoms with E-state index in [4.69, 9.17) is 4.42 Å². The molecule has 0 saturated heterocycles. The van der Waals surface area contributed by atoms with Gasteiger partial charge in [0.05, 0.1) is 12.8 Å². The summed E-state index contributed by atoms with van der Waals surface area (Å²) in [5.41, 5.74) is 0.841. The van der Waals surface area contributed by atoms with Gasteiger partial charge in [0.25, 0.3) is 0 Å². The maximum atomic E-state index is 12.8. The summed E-state index contributed by atoms with van der Waals surface area (Å²) in [4.78, 5) is 0. The third kappa shape index (κ3) is 2.59. The Morgan fingerprint density at radius 2 is 2.20 bits per heavy atom. The summed E-state index contributed by atoms with van der Waals surface area (Å²) in [6.07, 6.45) is 1.62. The minimum Gasteiger partial charge on any atom is -0.467 e. The maximum absolute atomic E-state index is 12.8. The molecule has 1 N–H and O–H groups in total. The first kappa shape index (κ1) is 10.2. The van der Waals surface area contributed by atoms with Gasteiger partial charge >= 0.3 is 0 Å². The Balaban J connectivity index is 2.05. The van der Waals surface area contributed by atoms with E-state index in [2.05, 4.69) is 21.2 Å². The topological polar surface area (TPSA) is 25.2 Å². The summed E-state index contributed by atoms with van der Waals surface area (Å²) in [6.45, 7) is 0.581. The first-order valence-electron chi connectivity index (χ1n) is 4.47. The Bertz CT molecular complexity index is 442. The summed E-state index contributed by atoms with van der Waals surface area (Å²) >= 11 is 3.28. The van der Waals surface area contributed by atoms with Crippen molar-refractivity contribution in [1.82, 2.24) is 0 Å². The van der Waals surface area contributed by atoms with Gasteiger partial charge in [-0.1, -0.05) is 0 Å². The largest absolute Gasteiger partial charge is 0.467 e. The molecule has 0 fully saturated rings. The standard InChI is InChI=1S/C11H9BrFNO/c12-10-6-8(13)3-4-11(10)14-7-9-2-1-5-15-9/h1-6,14H,7H2. The Morgan fingerprint density at radius 3 is 2.87 bits per heavy atom. The van der Waals surface area contributed by atoms with Crippen LogP contribution in [0, 0.1) is 5.82 Å². The highest BCUT2D eigenvalue weighted by molar-refractivity contribution is 9.10. The van der Waals surface area contributed by atoms with Crippen LogP contribution in [0.1, 0.15) is 5.76 Å². The lowest BCUT2D eigenvalue weighted by Gasteiger charge is -2.06. The molecule has 4 heteroatoms. The molecule has 0 spiro atoms. The monoisotopic (exact) mass is 269 g/mol. The number of rotatable bonds is 3. The van der Waals surface area contributed by atoms with Gasteiger partial charge in [-0.25, -0.2) is 4.39 Å². The molecule has 1 aromatic carbocycles. The molecule has 1 aromatic heterocycles. The summed E-state index contributed by atoms with van der Waals surface area (Å²) in [5.74, 6) is 0.580. The van der Waals surface area contributed by atoms with Gasteiger partial charge in [-0.3, -0.25) is 0 Å². The predicted molar refractivity (Wildman–Crippen MR) is 60.1 cm³/mol. The lowest BCUT2D eigenvalue weighted by molar-refractivity contribution is 0.518. The molecular formula is C11H9BrFNO. The van der Waals surface area contributed by atoms with Crippen molar-refractivity contribution in [2.75, 3.05) is 5.32 Å². The van der Waals surface area contributed by atoms with Gasteiger partial charge < -0.3 is 9.73 Å². The van der Waals surface area contributed by atoms with E-state index in [1.54, 1.807) is 12.3 Å². The Labute approximate surface area is 95.2 Å². The van der Waals surface area contributed by atoms with E-state index in [0.717, 1.165) is 11.4 Å². The van der Waals surface area contributed by atoms with Gasteiger partial charge in [-0.2, -0.15) is 0 Å². The average Bonchev–Trinajstić information content (AvgIpc) is 2.69. The summed E-state index contributed by atoms with van der Waals surface area (Å²) in [7, 11) is 0. The molecule has 78 valence electrons. The van der Waals surface area contributed by atoms with Crippen molar-refractivity contribution in [3.63, 3.8) is 0 Å². The molecule has 0 amide bonds. The maximum Gasteiger partial charge on any atom is 0.124 e. The van der Waals surface area contributed by atoms with Crippen LogP contribution in [-0.4, -0.2) is 0 Å². The zero-order valence-corrected chi connectivity index (χ0v) is 9.42. The molecule has 1 heterocycles. The molecule has 2 rings (SSSR count). The highest BCUT2D eigenvalue weighted by atomic mass is 79.9. The number of furan rings is 1. The van der Waals surface area contributed by atoms with Crippen LogP contribution >= 0.6 is 15.9 Å². The molecule has 0 aliphatic rings. The fourth-order valence-electron chi connectivity index (χ4n) is 1.23. The van der Waals surface area contributed by atoms with Crippen LogP contribution in [0.2, 0.25) is 0 Å². The highest BCUT2D eigenvalue weighted by Crippen LogP contribution is 2.23. The number of anilines is 1. The van der Waals surface area contributed by atoms with E-state index >= 15 is 0 Å². The fourth-order valence-corrected chi connectivity index (χ4v) is 1.72.